The molecular weight excluding hydrogens is 690 g/mol. The fraction of sp³-hybridized carbons (Fsp3) is 0.630. The van der Waals surface area contributed by atoms with Crippen LogP contribution in [-0.4, -0.2) is 136 Å². The van der Waals surface area contributed by atoms with Crippen LogP contribution >= 0.6 is 11.8 Å². The highest BCUT2D eigenvalue weighted by atomic mass is 32.2. The summed E-state index contributed by atoms with van der Waals surface area (Å²) in [7, 11) is 0. The van der Waals surface area contributed by atoms with Crippen molar-refractivity contribution in [1.82, 2.24) is 31.9 Å². The zero-order chi connectivity index (χ0) is 38.4. The topological polar surface area (TPSA) is 382 Å². The van der Waals surface area contributed by atoms with Gasteiger partial charge < -0.3 is 64.4 Å². The third-order valence-corrected chi connectivity index (χ3v) is 7.16. The quantitative estimate of drug-likeness (QED) is 0.0368. The van der Waals surface area contributed by atoms with Gasteiger partial charge >= 0.3 is 17.9 Å². The second-order valence-electron chi connectivity index (χ2n) is 10.6. The predicted molar refractivity (Wildman–Crippen MR) is 174 cm³/mol. The van der Waals surface area contributed by atoms with Crippen LogP contribution in [0.2, 0.25) is 0 Å². The predicted octanol–water partition coefficient (Wildman–Crippen LogP) is -5.72. The molecule has 50 heavy (non-hydrogen) atoms. The van der Waals surface area contributed by atoms with Gasteiger partial charge in [0, 0.05) is 0 Å². The Bertz CT molecular complexity index is 1250. The van der Waals surface area contributed by atoms with E-state index in [0.29, 0.717) is 12.2 Å². The number of carbonyl (C=O) groups excluding carboxylic acids is 7. The highest BCUT2D eigenvalue weighted by molar-refractivity contribution is 7.98. The smallest absolute Gasteiger partial charge is 0.326 e. The van der Waals surface area contributed by atoms with Crippen molar-refractivity contribution < 1.29 is 63.3 Å². The molecule has 282 valence electrons. The Kier molecular flexibility index (Phi) is 21.7. The maximum Gasteiger partial charge on any atom is 0.326 e. The molecule has 0 aliphatic heterocycles. The van der Waals surface area contributed by atoms with Gasteiger partial charge in [0.1, 0.15) is 30.2 Å². The second kappa shape index (κ2) is 24.2. The summed E-state index contributed by atoms with van der Waals surface area (Å²) in [6.45, 7) is -0.919. The molecule has 0 fully saturated rings. The summed E-state index contributed by atoms with van der Waals surface area (Å²) >= 11 is 1.33. The Balaban J connectivity index is 6.11. The minimum atomic E-state index is -2.01. The van der Waals surface area contributed by atoms with Gasteiger partial charge in [-0.1, -0.05) is 0 Å². The van der Waals surface area contributed by atoms with Crippen LogP contribution in [0.1, 0.15) is 44.9 Å². The number of thioether (sulfide) groups is 1. The molecule has 0 unspecified atom stereocenters. The molecule has 0 aromatic carbocycles. The van der Waals surface area contributed by atoms with E-state index in [1.165, 1.54) is 11.8 Å². The van der Waals surface area contributed by atoms with Crippen molar-refractivity contribution in [1.29, 1.82) is 0 Å². The molecular formula is C27H45N9O13S. The molecule has 0 bridgehead atoms. The molecule has 0 radical (unpaired) electrons. The van der Waals surface area contributed by atoms with Crippen molar-refractivity contribution in [2.75, 3.05) is 31.6 Å². The lowest BCUT2D eigenvalue weighted by atomic mass is 10.1. The van der Waals surface area contributed by atoms with Crippen LogP contribution < -0.4 is 49.1 Å². The zero-order valence-electron chi connectivity index (χ0n) is 27.2. The van der Waals surface area contributed by atoms with Crippen molar-refractivity contribution >= 4 is 71.0 Å². The van der Waals surface area contributed by atoms with Crippen LogP contribution in [0.3, 0.4) is 0 Å². The molecule has 0 aliphatic carbocycles. The van der Waals surface area contributed by atoms with E-state index in [0.717, 1.165) is 0 Å². The van der Waals surface area contributed by atoms with Crippen LogP contribution in [0.15, 0.2) is 0 Å². The Morgan fingerprint density at radius 3 is 1.48 bits per heavy atom. The number of unbranched alkanes of at least 4 members (excludes halogenated alkanes) is 1. The maximum absolute atomic E-state index is 13.2. The Morgan fingerprint density at radius 1 is 0.600 bits per heavy atom. The average molecular weight is 736 g/mol. The highest BCUT2D eigenvalue weighted by Crippen LogP contribution is 2.07. The maximum atomic E-state index is 13.2. The number of nitrogens with two attached hydrogens (primary N) is 3. The van der Waals surface area contributed by atoms with Crippen molar-refractivity contribution in [2.45, 2.75) is 75.2 Å². The Morgan fingerprint density at radius 2 is 1.06 bits per heavy atom. The number of rotatable bonds is 26. The first-order chi connectivity index (χ1) is 23.4. The summed E-state index contributed by atoms with van der Waals surface area (Å²) in [6.07, 6.45) is -0.635. The molecule has 0 heterocycles. The second-order valence-corrected chi connectivity index (χ2v) is 11.6. The fourth-order valence-corrected chi connectivity index (χ4v) is 4.49. The lowest BCUT2D eigenvalue weighted by Crippen LogP contribution is -2.59. The van der Waals surface area contributed by atoms with Crippen molar-refractivity contribution in [3.63, 3.8) is 0 Å². The number of amides is 7. The minimum Gasteiger partial charge on any atom is -0.481 e. The lowest BCUT2D eigenvalue weighted by molar-refractivity contribution is -0.144. The lowest BCUT2D eigenvalue weighted by Gasteiger charge is -2.26. The third-order valence-electron chi connectivity index (χ3n) is 6.52. The van der Waals surface area contributed by atoms with Crippen LogP contribution in [0.4, 0.5) is 0 Å². The van der Waals surface area contributed by atoms with Crippen LogP contribution in [0.25, 0.3) is 0 Å². The largest absolute Gasteiger partial charge is 0.481 e. The van der Waals surface area contributed by atoms with Gasteiger partial charge in [0.2, 0.25) is 41.4 Å². The van der Waals surface area contributed by atoms with E-state index in [1.807, 2.05) is 10.6 Å². The standard InChI is InChI=1S/C27H45N9O13S/c1-50-7-5-14(27(48)49)34-23(44)13(4-2-3-6-28)33-25(46)16(9-21(40)41)36-26(47)17(10-22(42)43)35-24(45)15(8-18(30)37)32-20(39)12-31-19(38)11-29/h13-17H,2-12,28-29H2,1H3,(H2,30,37)(H,31,38)(H,32,39)(H,33,46)(H,34,44)(H,35,45)(H,36,47)(H,40,41)(H,42,43)(H,48,49)/t13-,14-,15-,16-,17-/m0/s1. The molecule has 0 aliphatic rings. The highest BCUT2D eigenvalue weighted by Gasteiger charge is 2.34. The Hall–Kier alpha value is -5.03. The Labute approximate surface area is 290 Å². The summed E-state index contributed by atoms with van der Waals surface area (Å²) in [4.78, 5) is 122. The van der Waals surface area contributed by atoms with E-state index in [4.69, 9.17) is 17.2 Å². The number of carboxylic acids is 3. The van der Waals surface area contributed by atoms with E-state index in [2.05, 4.69) is 21.3 Å². The summed E-state index contributed by atoms with van der Waals surface area (Å²) in [5.41, 5.74) is 15.8. The molecule has 5 atom stereocenters. The van der Waals surface area contributed by atoms with Gasteiger partial charge in [0.15, 0.2) is 0 Å². The number of carbonyl (C=O) groups is 10. The van der Waals surface area contributed by atoms with Gasteiger partial charge in [-0.15, -0.1) is 0 Å². The van der Waals surface area contributed by atoms with E-state index in [9.17, 15) is 63.3 Å². The van der Waals surface area contributed by atoms with Crippen LogP contribution in [-0.2, 0) is 47.9 Å². The van der Waals surface area contributed by atoms with E-state index in [-0.39, 0.29) is 25.8 Å². The van der Waals surface area contributed by atoms with Gasteiger partial charge in [-0.3, -0.25) is 43.2 Å². The van der Waals surface area contributed by atoms with Gasteiger partial charge in [-0.05, 0) is 44.2 Å². The van der Waals surface area contributed by atoms with Crippen molar-refractivity contribution in [2.24, 2.45) is 17.2 Å². The molecule has 23 heteroatoms. The molecule has 7 amide bonds. The number of primary amides is 1. The summed E-state index contributed by atoms with van der Waals surface area (Å²) < 4.78 is 0. The van der Waals surface area contributed by atoms with E-state index in [1.54, 1.807) is 6.26 Å². The van der Waals surface area contributed by atoms with Gasteiger partial charge in [-0.2, -0.15) is 11.8 Å². The minimum absolute atomic E-state index is 0.0505. The summed E-state index contributed by atoms with van der Waals surface area (Å²) in [5, 5.41) is 41.1. The third kappa shape index (κ3) is 19.1. The number of aliphatic carboxylic acids is 3. The van der Waals surface area contributed by atoms with Crippen molar-refractivity contribution in [3.8, 4) is 0 Å². The first-order valence-electron chi connectivity index (χ1n) is 15.1. The summed E-state index contributed by atoms with van der Waals surface area (Å²) in [6, 6.07) is -8.44. The molecule has 0 aromatic heterocycles. The number of hydrogen-bond donors (Lipinski definition) is 12. The molecule has 22 nitrogen and oxygen atoms in total. The fourth-order valence-electron chi connectivity index (χ4n) is 4.02. The van der Waals surface area contributed by atoms with Crippen molar-refractivity contribution in [3.05, 3.63) is 0 Å². The molecule has 0 saturated heterocycles. The normalized spacial score (nSPS) is 13.6. The first-order valence-corrected chi connectivity index (χ1v) is 16.5. The SMILES string of the molecule is CSCC[C@H](NC(=O)[C@H](CCCCN)NC(=O)[C@H](CC(=O)O)NC(=O)[C@H](CC(=O)O)NC(=O)[C@H](CC(N)=O)NC(=O)CNC(=O)CN)C(=O)O. The average Bonchev–Trinajstić information content (AvgIpc) is 3.02. The summed E-state index contributed by atoms with van der Waals surface area (Å²) in [5.74, 6) is -11.8. The van der Waals surface area contributed by atoms with Gasteiger partial charge in [0.05, 0.1) is 32.4 Å². The zero-order valence-corrected chi connectivity index (χ0v) is 28.0. The molecule has 0 spiro atoms. The van der Waals surface area contributed by atoms with Gasteiger partial charge in [0.25, 0.3) is 0 Å². The molecule has 0 rings (SSSR count). The molecule has 15 N–H and O–H groups in total. The van der Waals surface area contributed by atoms with E-state index < -0.39 is 122 Å². The van der Waals surface area contributed by atoms with Gasteiger partial charge in [-0.25, -0.2) is 4.79 Å². The molecule has 0 saturated carbocycles. The first kappa shape index (κ1) is 45.0. The number of nitrogens with one attached hydrogen (secondary N) is 6. The van der Waals surface area contributed by atoms with E-state index >= 15 is 0 Å². The van der Waals surface area contributed by atoms with Crippen LogP contribution in [0, 0.1) is 0 Å². The monoisotopic (exact) mass is 735 g/mol. The number of carboxylic acid groups (broad SMARTS) is 3. The number of hydrogen-bond acceptors (Lipinski definition) is 13. The van der Waals surface area contributed by atoms with Crippen LogP contribution in [0.5, 0.6) is 0 Å². The molecule has 0 aromatic rings.